The number of nitrogens with zero attached hydrogens (tertiary/aromatic N) is 1. The van der Waals surface area contributed by atoms with Crippen molar-refractivity contribution in [2.24, 2.45) is 0 Å². The summed E-state index contributed by atoms with van der Waals surface area (Å²) in [5, 5.41) is 2.44. The topological polar surface area (TPSA) is 39.1 Å². The van der Waals surface area contributed by atoms with Crippen LogP contribution in [0.2, 0.25) is 0 Å². The molecule has 3 nitrogen and oxygen atoms in total. The molecular weight excluding hydrogens is 671 g/mol. The van der Waals surface area contributed by atoms with Crippen molar-refractivity contribution in [1.82, 2.24) is 4.57 Å². The Bertz CT molecular complexity index is 3100. The number of aryl methyl sites for hydroxylation is 2. The second-order valence-corrected chi connectivity index (χ2v) is 14.9. The van der Waals surface area contributed by atoms with E-state index in [1.54, 1.807) is 0 Å². The lowest BCUT2D eigenvalue weighted by molar-refractivity contribution is 0.103. The van der Waals surface area contributed by atoms with Crippen molar-refractivity contribution in [1.29, 1.82) is 0 Å². The molecule has 0 aliphatic heterocycles. The Labute approximate surface area is 318 Å². The Kier molecular flexibility index (Phi) is 6.69. The Balaban J connectivity index is 1.20. The quantitative estimate of drug-likeness (QED) is 0.183. The molecule has 0 saturated carbocycles. The minimum absolute atomic E-state index is 0.0326. The fourth-order valence-corrected chi connectivity index (χ4v) is 9.19. The van der Waals surface area contributed by atoms with Crippen LogP contribution in [0, 0.1) is 13.8 Å². The maximum atomic E-state index is 14.4. The lowest BCUT2D eigenvalue weighted by Crippen LogP contribution is -2.02. The fourth-order valence-electron chi connectivity index (χ4n) is 9.19. The molecule has 0 spiro atoms. The van der Waals surface area contributed by atoms with Crippen molar-refractivity contribution in [3.8, 4) is 61.3 Å². The Hall–Kier alpha value is -7.10. The molecule has 2 aliphatic rings. The van der Waals surface area contributed by atoms with Crippen molar-refractivity contribution in [3.63, 3.8) is 0 Å². The van der Waals surface area contributed by atoms with Gasteiger partial charge in [-0.1, -0.05) is 139 Å². The van der Waals surface area contributed by atoms with Crippen molar-refractivity contribution >= 4 is 33.4 Å². The minimum atomic E-state index is 0.0326. The molecule has 258 valence electrons. The van der Waals surface area contributed by atoms with Crippen LogP contribution in [0.15, 0.2) is 164 Å². The van der Waals surface area contributed by atoms with Gasteiger partial charge in [-0.2, -0.15) is 0 Å². The molecule has 0 unspecified atom stereocenters. The highest BCUT2D eigenvalue weighted by atomic mass is 16.1. The molecule has 0 N–H and O–H groups in total. The van der Waals surface area contributed by atoms with Gasteiger partial charge in [0, 0.05) is 38.6 Å². The molecule has 1 aromatic heterocycles. The largest absolute Gasteiger partial charge is 0.309 e. The lowest BCUT2D eigenvalue weighted by Gasteiger charge is -2.20. The van der Waals surface area contributed by atoms with Crippen LogP contribution in [0.3, 0.4) is 0 Å². The maximum absolute atomic E-state index is 14.4. The van der Waals surface area contributed by atoms with E-state index in [-0.39, 0.29) is 11.6 Å². The monoisotopic (exact) mass is 703 g/mol. The molecule has 0 fully saturated rings. The zero-order valence-electron chi connectivity index (χ0n) is 30.4. The number of rotatable bonds is 4. The van der Waals surface area contributed by atoms with Gasteiger partial charge in [0.25, 0.3) is 0 Å². The highest BCUT2D eigenvalue weighted by Gasteiger charge is 2.32. The van der Waals surface area contributed by atoms with E-state index in [0.29, 0.717) is 5.56 Å². The number of hydrogen-bond donors (Lipinski definition) is 0. The van der Waals surface area contributed by atoms with E-state index in [4.69, 9.17) is 0 Å². The van der Waals surface area contributed by atoms with Gasteiger partial charge >= 0.3 is 0 Å². The normalized spacial score (nSPS) is 12.6. The fraction of sp³-hybridized carbons (Fsp3) is 0.0385. The van der Waals surface area contributed by atoms with Crippen LogP contribution < -0.4 is 0 Å². The zero-order chi connectivity index (χ0) is 36.9. The smallest absolute Gasteiger partial charge is 0.194 e. The highest BCUT2D eigenvalue weighted by molar-refractivity contribution is 6.26. The summed E-state index contributed by atoms with van der Waals surface area (Å²) in [5.74, 6) is 0.0745. The summed E-state index contributed by atoms with van der Waals surface area (Å²) in [6, 6.07) is 56.6. The van der Waals surface area contributed by atoms with Crippen molar-refractivity contribution < 1.29 is 9.59 Å². The van der Waals surface area contributed by atoms with E-state index in [1.807, 2.05) is 66.7 Å². The average Bonchev–Trinajstić information content (AvgIpc) is 3.82. The summed E-state index contributed by atoms with van der Waals surface area (Å²) in [6.07, 6.45) is 0. The number of ketones is 2. The molecule has 2 aliphatic carbocycles. The van der Waals surface area contributed by atoms with E-state index in [1.165, 1.54) is 21.9 Å². The first-order chi connectivity index (χ1) is 27.0. The van der Waals surface area contributed by atoms with E-state index < -0.39 is 0 Å². The molecule has 0 radical (unpaired) electrons. The molecule has 1 heterocycles. The Morgan fingerprint density at radius 2 is 0.782 bits per heavy atom. The molecule has 11 rings (SSSR count). The number of benzene rings is 8. The number of para-hydroxylation sites is 1. The number of hydrogen-bond acceptors (Lipinski definition) is 2. The molecule has 0 amide bonds. The molecule has 3 heteroatoms. The molecule has 0 saturated heterocycles. The lowest BCUT2D eigenvalue weighted by atomic mass is 9.86. The summed E-state index contributed by atoms with van der Waals surface area (Å²) >= 11 is 0. The first kappa shape index (κ1) is 31.4. The minimum Gasteiger partial charge on any atom is -0.309 e. The first-order valence-electron chi connectivity index (χ1n) is 18.8. The van der Waals surface area contributed by atoms with Crippen LogP contribution in [-0.4, -0.2) is 16.1 Å². The van der Waals surface area contributed by atoms with Gasteiger partial charge in [0.2, 0.25) is 0 Å². The standard InChI is InChI=1S/C52H33NO2/c1-30-21-25-47-44(27-30)45-28-31(2)22-26-48(45)53(47)46-20-8-7-13-37(46)36-24-23-32(33-16-9-17-38-34-11-3-5-14-41(34)51(54)49(33)38)29-43(36)40-19-10-18-39-35-12-4-6-15-42(35)52(55)50(39)40/h3-29H,1-2H3. The van der Waals surface area contributed by atoms with Crippen LogP contribution in [0.5, 0.6) is 0 Å². The van der Waals surface area contributed by atoms with Gasteiger partial charge in [-0.15, -0.1) is 0 Å². The van der Waals surface area contributed by atoms with Crippen molar-refractivity contribution in [2.45, 2.75) is 13.8 Å². The van der Waals surface area contributed by atoms with E-state index in [9.17, 15) is 9.59 Å². The predicted octanol–water partition coefficient (Wildman–Crippen LogP) is 12.8. The summed E-state index contributed by atoms with van der Waals surface area (Å²) in [5.41, 5.74) is 18.2. The number of carbonyl (C=O) groups is 2. The molecule has 0 atom stereocenters. The van der Waals surface area contributed by atoms with E-state index in [2.05, 4.69) is 115 Å². The summed E-state index contributed by atoms with van der Waals surface area (Å²) in [6.45, 7) is 4.29. The Morgan fingerprint density at radius 1 is 0.345 bits per heavy atom. The molecule has 55 heavy (non-hydrogen) atoms. The van der Waals surface area contributed by atoms with E-state index in [0.717, 1.165) is 89.0 Å². The van der Waals surface area contributed by atoms with Gasteiger partial charge in [0.15, 0.2) is 11.6 Å². The van der Waals surface area contributed by atoms with Gasteiger partial charge in [0.05, 0.1) is 16.7 Å². The molecule has 9 aromatic rings. The summed E-state index contributed by atoms with van der Waals surface area (Å²) in [7, 11) is 0. The maximum Gasteiger partial charge on any atom is 0.194 e. The molecule has 0 bridgehead atoms. The zero-order valence-corrected chi connectivity index (χ0v) is 30.4. The molecule has 8 aromatic carbocycles. The highest BCUT2D eigenvalue weighted by Crippen LogP contribution is 2.48. The predicted molar refractivity (Wildman–Crippen MR) is 224 cm³/mol. The second kappa shape index (κ2) is 11.7. The second-order valence-electron chi connectivity index (χ2n) is 14.9. The summed E-state index contributed by atoms with van der Waals surface area (Å²) in [4.78, 5) is 28.4. The van der Waals surface area contributed by atoms with Gasteiger partial charge in [-0.05, 0) is 100 Å². The van der Waals surface area contributed by atoms with Crippen LogP contribution in [0.25, 0.3) is 83.1 Å². The van der Waals surface area contributed by atoms with Crippen molar-refractivity contribution in [2.75, 3.05) is 0 Å². The third-order valence-corrected chi connectivity index (χ3v) is 11.6. The van der Waals surface area contributed by atoms with Gasteiger partial charge < -0.3 is 4.57 Å². The van der Waals surface area contributed by atoms with Crippen LogP contribution in [0.4, 0.5) is 0 Å². The number of carbonyl (C=O) groups excluding carboxylic acids is 2. The van der Waals surface area contributed by atoms with Gasteiger partial charge in [0.1, 0.15) is 0 Å². The number of fused-ring (bicyclic) bond motifs is 9. The average molecular weight is 704 g/mol. The third-order valence-electron chi connectivity index (χ3n) is 11.6. The first-order valence-corrected chi connectivity index (χ1v) is 18.8. The van der Waals surface area contributed by atoms with Gasteiger partial charge in [-0.3, -0.25) is 9.59 Å². The SMILES string of the molecule is Cc1ccc2c(c1)c1cc(C)ccc1n2-c1ccccc1-c1ccc(-c2cccc3c2C(=O)c2ccccc2-3)cc1-c1cccc2c1C(=O)c1ccccc1-2. The Morgan fingerprint density at radius 3 is 1.36 bits per heavy atom. The number of aromatic nitrogens is 1. The third kappa shape index (κ3) is 4.50. The van der Waals surface area contributed by atoms with E-state index >= 15 is 0 Å². The van der Waals surface area contributed by atoms with Crippen LogP contribution in [0.1, 0.15) is 43.0 Å². The van der Waals surface area contributed by atoms with Crippen LogP contribution in [-0.2, 0) is 0 Å². The van der Waals surface area contributed by atoms with Crippen LogP contribution >= 0.6 is 0 Å². The van der Waals surface area contributed by atoms with Crippen molar-refractivity contribution in [3.05, 3.63) is 197 Å². The van der Waals surface area contributed by atoms with Gasteiger partial charge in [-0.25, -0.2) is 0 Å². The molecular formula is C52H33NO2. The summed E-state index contributed by atoms with van der Waals surface area (Å²) < 4.78 is 2.38.